The Morgan fingerprint density at radius 2 is 1.65 bits per heavy atom. The Bertz CT molecular complexity index is 436. The lowest BCUT2D eigenvalue weighted by molar-refractivity contribution is -0.158. The van der Waals surface area contributed by atoms with Crippen LogP contribution in [-0.4, -0.2) is 47.1 Å². The molecule has 0 aromatic heterocycles. The van der Waals surface area contributed by atoms with Crippen LogP contribution in [0.25, 0.3) is 0 Å². The summed E-state index contributed by atoms with van der Waals surface area (Å²) < 4.78 is 26.3. The molecule has 0 aromatic carbocycles. The smallest absolute Gasteiger partial charge is 0.454 e. The Kier molecular flexibility index (Phi) is 7.62. The number of phosphoric ester groups is 1. The van der Waals surface area contributed by atoms with E-state index in [0.717, 1.165) is 6.92 Å². The first-order valence-electron chi connectivity index (χ1n) is 4.89. The van der Waals surface area contributed by atoms with E-state index in [0.29, 0.717) is 0 Å². The minimum Gasteiger partial charge on any atom is -0.454 e. The summed E-state index contributed by atoms with van der Waals surface area (Å²) in [5, 5.41) is 0. The zero-order chi connectivity index (χ0) is 15.8. The van der Waals surface area contributed by atoms with Crippen molar-refractivity contribution in [2.45, 2.75) is 13.3 Å². The molecule has 0 aromatic rings. The molecule has 0 atom stereocenters. The van der Waals surface area contributed by atoms with Crippen LogP contribution in [0.4, 0.5) is 4.79 Å². The molecule has 0 saturated heterocycles. The van der Waals surface area contributed by atoms with Gasteiger partial charge >= 0.3 is 31.9 Å². The molecule has 11 nitrogen and oxygen atoms in total. The van der Waals surface area contributed by atoms with Gasteiger partial charge in [-0.05, 0) is 0 Å². The second-order valence-corrected chi connectivity index (χ2v) is 4.29. The van der Waals surface area contributed by atoms with Gasteiger partial charge in [0, 0.05) is 6.92 Å². The molecule has 2 N–H and O–H groups in total. The highest BCUT2D eigenvalue weighted by Gasteiger charge is 2.17. The molecule has 0 saturated carbocycles. The number of carbonyl (C=O) groups excluding carboxylic acids is 4. The SMILES string of the molecule is CC(=O)OC(=O)OC(=O)COC(=O)CCOP(=O)(O)O. The van der Waals surface area contributed by atoms with Gasteiger partial charge in [0.2, 0.25) is 0 Å². The molecule has 0 aliphatic rings. The molecule has 20 heavy (non-hydrogen) atoms. The molecular formula is C8H11O11P. The summed E-state index contributed by atoms with van der Waals surface area (Å²) in [5.74, 6) is -3.30. The van der Waals surface area contributed by atoms with Gasteiger partial charge in [0.15, 0.2) is 6.61 Å². The van der Waals surface area contributed by atoms with E-state index < -0.39 is 51.5 Å². The first kappa shape index (κ1) is 18.2. The number of phosphoric acid groups is 1. The Morgan fingerprint density at radius 1 is 1.05 bits per heavy atom. The van der Waals surface area contributed by atoms with Crippen LogP contribution in [0.15, 0.2) is 0 Å². The summed E-state index contributed by atoms with van der Waals surface area (Å²) in [5.41, 5.74) is 0. The van der Waals surface area contributed by atoms with Crippen LogP contribution in [0.1, 0.15) is 13.3 Å². The normalized spacial score (nSPS) is 10.6. The topological polar surface area (TPSA) is 163 Å². The molecule has 0 rings (SSSR count). The third kappa shape index (κ3) is 11.3. The van der Waals surface area contributed by atoms with E-state index in [1.165, 1.54) is 0 Å². The van der Waals surface area contributed by atoms with E-state index in [1.54, 1.807) is 0 Å². The van der Waals surface area contributed by atoms with Crippen LogP contribution in [0, 0.1) is 0 Å². The van der Waals surface area contributed by atoms with Crippen LogP contribution >= 0.6 is 7.82 Å². The van der Waals surface area contributed by atoms with Crippen LogP contribution in [0.3, 0.4) is 0 Å². The molecule has 0 fully saturated rings. The summed E-state index contributed by atoms with van der Waals surface area (Å²) in [4.78, 5) is 59.4. The molecule has 0 radical (unpaired) electrons. The molecule has 114 valence electrons. The maximum absolute atomic E-state index is 11.0. The fourth-order valence-corrected chi connectivity index (χ4v) is 1.05. The lowest BCUT2D eigenvalue weighted by atomic mass is 10.5. The molecule has 12 heteroatoms. The summed E-state index contributed by atoms with van der Waals surface area (Å²) in [6.45, 7) is -0.654. The van der Waals surface area contributed by atoms with Crippen molar-refractivity contribution in [2.24, 2.45) is 0 Å². The zero-order valence-electron chi connectivity index (χ0n) is 10.1. The first-order valence-corrected chi connectivity index (χ1v) is 6.42. The van der Waals surface area contributed by atoms with Crippen molar-refractivity contribution in [1.82, 2.24) is 0 Å². The fourth-order valence-electron chi connectivity index (χ4n) is 0.720. The predicted octanol–water partition coefficient (Wildman–Crippen LogP) is -0.745. The Labute approximate surface area is 112 Å². The van der Waals surface area contributed by atoms with Crippen molar-refractivity contribution in [1.29, 1.82) is 0 Å². The summed E-state index contributed by atoms with van der Waals surface area (Å²) >= 11 is 0. The van der Waals surface area contributed by atoms with Gasteiger partial charge in [-0.3, -0.25) is 14.1 Å². The lowest BCUT2D eigenvalue weighted by Gasteiger charge is -2.05. The minimum atomic E-state index is -4.68. The van der Waals surface area contributed by atoms with E-state index in [4.69, 9.17) is 9.79 Å². The number of hydrogen-bond donors (Lipinski definition) is 2. The standard InChI is InChI=1S/C8H11O11P/c1-5(9)18-8(12)19-7(11)4-16-6(10)2-3-17-20(13,14)15/h2-4H2,1H3,(H2,13,14,15). The minimum absolute atomic E-state index is 0.531. The summed E-state index contributed by atoms with van der Waals surface area (Å²) in [6, 6.07) is 0. The Balaban J connectivity index is 3.84. The van der Waals surface area contributed by atoms with Gasteiger partial charge in [-0.15, -0.1) is 0 Å². The monoisotopic (exact) mass is 314 g/mol. The highest BCUT2D eigenvalue weighted by Crippen LogP contribution is 2.35. The highest BCUT2D eigenvalue weighted by atomic mass is 31.2. The van der Waals surface area contributed by atoms with Gasteiger partial charge in [0.25, 0.3) is 0 Å². The molecular weight excluding hydrogens is 303 g/mol. The molecule has 0 aliphatic carbocycles. The molecule has 0 bridgehead atoms. The summed E-state index contributed by atoms with van der Waals surface area (Å²) in [7, 11) is -4.68. The van der Waals surface area contributed by atoms with E-state index in [2.05, 4.69) is 18.7 Å². The number of esters is 3. The lowest BCUT2D eigenvalue weighted by Crippen LogP contribution is -2.21. The number of hydrogen-bond acceptors (Lipinski definition) is 9. The zero-order valence-corrected chi connectivity index (χ0v) is 11.0. The summed E-state index contributed by atoms with van der Waals surface area (Å²) in [6.07, 6.45) is -2.10. The van der Waals surface area contributed by atoms with Crippen LogP contribution in [-0.2, 0) is 37.7 Å². The van der Waals surface area contributed by atoms with Gasteiger partial charge in [-0.2, -0.15) is 0 Å². The van der Waals surface area contributed by atoms with Crippen molar-refractivity contribution < 1.29 is 52.3 Å². The average Bonchev–Trinajstić information content (AvgIpc) is 2.23. The van der Waals surface area contributed by atoms with Gasteiger partial charge in [-0.25, -0.2) is 14.2 Å². The quantitative estimate of drug-likeness (QED) is 0.360. The van der Waals surface area contributed by atoms with Crippen LogP contribution < -0.4 is 0 Å². The molecule has 0 unspecified atom stereocenters. The number of ether oxygens (including phenoxy) is 3. The van der Waals surface area contributed by atoms with Gasteiger partial charge in [0.1, 0.15) is 0 Å². The third-order valence-corrected chi connectivity index (χ3v) is 1.86. The maximum Gasteiger partial charge on any atom is 0.524 e. The molecule has 0 aliphatic heterocycles. The number of carbonyl (C=O) groups is 4. The van der Waals surface area contributed by atoms with Crippen molar-refractivity contribution in [2.75, 3.05) is 13.2 Å². The van der Waals surface area contributed by atoms with Gasteiger partial charge in [-0.1, -0.05) is 0 Å². The maximum atomic E-state index is 11.0. The van der Waals surface area contributed by atoms with Crippen molar-refractivity contribution in [3.8, 4) is 0 Å². The Hall–Kier alpha value is -1.81. The van der Waals surface area contributed by atoms with E-state index in [-0.39, 0.29) is 0 Å². The fraction of sp³-hybridized carbons (Fsp3) is 0.500. The van der Waals surface area contributed by atoms with E-state index in [9.17, 15) is 23.7 Å². The first-order chi connectivity index (χ1) is 9.10. The highest BCUT2D eigenvalue weighted by molar-refractivity contribution is 7.46. The van der Waals surface area contributed by atoms with Gasteiger partial charge in [0.05, 0.1) is 13.0 Å². The Morgan fingerprint density at radius 3 is 2.15 bits per heavy atom. The number of rotatable bonds is 6. The van der Waals surface area contributed by atoms with Crippen LogP contribution in [0.5, 0.6) is 0 Å². The third-order valence-electron chi connectivity index (χ3n) is 1.34. The van der Waals surface area contributed by atoms with Crippen molar-refractivity contribution in [3.05, 3.63) is 0 Å². The molecule has 0 amide bonds. The second-order valence-electron chi connectivity index (χ2n) is 3.05. The van der Waals surface area contributed by atoms with Crippen molar-refractivity contribution >= 4 is 31.9 Å². The molecule has 0 heterocycles. The van der Waals surface area contributed by atoms with E-state index >= 15 is 0 Å². The van der Waals surface area contributed by atoms with Gasteiger partial charge < -0.3 is 24.0 Å². The van der Waals surface area contributed by atoms with Crippen molar-refractivity contribution in [3.63, 3.8) is 0 Å². The average molecular weight is 314 g/mol. The molecule has 0 spiro atoms. The predicted molar refractivity (Wildman–Crippen MR) is 56.8 cm³/mol. The largest absolute Gasteiger partial charge is 0.524 e. The second kappa shape index (κ2) is 8.38. The van der Waals surface area contributed by atoms with E-state index in [1.807, 2.05) is 0 Å². The van der Waals surface area contributed by atoms with Crippen LogP contribution in [0.2, 0.25) is 0 Å².